The third-order valence-corrected chi connectivity index (χ3v) is 4.89. The highest BCUT2D eigenvalue weighted by atomic mass is 16.1. The number of rotatable bonds is 4. The van der Waals surface area contributed by atoms with E-state index in [-0.39, 0.29) is 11.4 Å². The monoisotopic (exact) mass is 286 g/mol. The maximum absolute atomic E-state index is 12.6. The molecular weight excluding hydrogens is 260 g/mol. The van der Waals surface area contributed by atoms with Gasteiger partial charge in [-0.15, -0.1) is 0 Å². The lowest BCUT2D eigenvalue weighted by Gasteiger charge is -2.18. The molecule has 3 rings (SSSR count). The molecule has 1 aromatic carbocycles. The van der Waals surface area contributed by atoms with E-state index in [1.165, 1.54) is 25.7 Å². The molecule has 0 saturated heterocycles. The Morgan fingerprint density at radius 1 is 1.14 bits per heavy atom. The molecule has 1 aromatic rings. The number of nitrogens with one attached hydrogen (secondary N) is 1. The minimum Gasteiger partial charge on any atom is -0.349 e. The number of amides is 1. The molecule has 114 valence electrons. The van der Waals surface area contributed by atoms with Gasteiger partial charge in [0.2, 0.25) is 0 Å². The molecule has 21 heavy (non-hydrogen) atoms. The summed E-state index contributed by atoms with van der Waals surface area (Å²) in [6, 6.07) is 8.29. The summed E-state index contributed by atoms with van der Waals surface area (Å²) < 4.78 is 0. The summed E-state index contributed by atoms with van der Waals surface area (Å²) in [5.74, 6) is 0.0850. The van der Waals surface area contributed by atoms with Crippen molar-refractivity contribution >= 4 is 5.91 Å². The standard InChI is InChI=1S/C18H26N2O/c19-18(11-12-18)13-14-7-5-6-10-16(14)17(21)20-15-8-3-1-2-4-9-15/h5-7,10,15H,1-4,8-9,11-13,19H2,(H,20,21). The molecule has 3 N–H and O–H groups in total. The van der Waals surface area contributed by atoms with Crippen LogP contribution in [0.3, 0.4) is 0 Å². The first kappa shape index (κ1) is 14.6. The quantitative estimate of drug-likeness (QED) is 0.835. The molecule has 0 aromatic heterocycles. The van der Waals surface area contributed by atoms with Crippen LogP contribution in [0.5, 0.6) is 0 Å². The van der Waals surface area contributed by atoms with Crippen molar-refractivity contribution in [3.8, 4) is 0 Å². The zero-order valence-corrected chi connectivity index (χ0v) is 12.7. The van der Waals surface area contributed by atoms with Crippen LogP contribution < -0.4 is 11.1 Å². The predicted octanol–water partition coefficient (Wildman–Crippen LogP) is 3.17. The molecular formula is C18H26N2O. The lowest BCUT2D eigenvalue weighted by atomic mass is 9.98. The summed E-state index contributed by atoms with van der Waals surface area (Å²) in [5.41, 5.74) is 8.08. The Hall–Kier alpha value is -1.35. The zero-order valence-electron chi connectivity index (χ0n) is 12.7. The van der Waals surface area contributed by atoms with Gasteiger partial charge in [-0.2, -0.15) is 0 Å². The summed E-state index contributed by atoms with van der Waals surface area (Å²) in [7, 11) is 0. The summed E-state index contributed by atoms with van der Waals surface area (Å²) in [6.07, 6.45) is 10.3. The van der Waals surface area contributed by atoms with Crippen molar-refractivity contribution < 1.29 is 4.79 Å². The van der Waals surface area contributed by atoms with E-state index < -0.39 is 0 Å². The number of nitrogens with two attached hydrogens (primary N) is 1. The fourth-order valence-corrected chi connectivity index (χ4v) is 3.30. The topological polar surface area (TPSA) is 55.1 Å². The van der Waals surface area contributed by atoms with Gasteiger partial charge in [0.1, 0.15) is 0 Å². The van der Waals surface area contributed by atoms with Crippen LogP contribution in [0.1, 0.15) is 67.3 Å². The summed E-state index contributed by atoms with van der Waals surface area (Å²) in [6.45, 7) is 0. The average molecular weight is 286 g/mol. The summed E-state index contributed by atoms with van der Waals surface area (Å²) in [4.78, 5) is 12.6. The highest BCUT2D eigenvalue weighted by molar-refractivity contribution is 5.95. The Morgan fingerprint density at radius 3 is 2.48 bits per heavy atom. The third-order valence-electron chi connectivity index (χ3n) is 4.89. The van der Waals surface area contributed by atoms with Crippen LogP contribution in [-0.2, 0) is 6.42 Å². The number of carbonyl (C=O) groups excluding carboxylic acids is 1. The highest BCUT2D eigenvalue weighted by Crippen LogP contribution is 2.36. The fraction of sp³-hybridized carbons (Fsp3) is 0.611. The zero-order chi connectivity index (χ0) is 14.7. The van der Waals surface area contributed by atoms with E-state index in [9.17, 15) is 4.79 Å². The van der Waals surface area contributed by atoms with Gasteiger partial charge in [0.05, 0.1) is 0 Å². The van der Waals surface area contributed by atoms with Gasteiger partial charge in [0.25, 0.3) is 5.91 Å². The molecule has 2 fully saturated rings. The molecule has 2 saturated carbocycles. The molecule has 0 radical (unpaired) electrons. The van der Waals surface area contributed by atoms with Gasteiger partial charge < -0.3 is 11.1 Å². The fourth-order valence-electron chi connectivity index (χ4n) is 3.30. The van der Waals surface area contributed by atoms with Gasteiger partial charge in [0, 0.05) is 17.1 Å². The van der Waals surface area contributed by atoms with Crippen LogP contribution in [0, 0.1) is 0 Å². The lowest BCUT2D eigenvalue weighted by Crippen LogP contribution is -2.35. The second-order valence-electron chi connectivity index (χ2n) is 6.86. The smallest absolute Gasteiger partial charge is 0.251 e. The molecule has 3 nitrogen and oxygen atoms in total. The van der Waals surface area contributed by atoms with Crippen molar-refractivity contribution in [2.45, 2.75) is 69.4 Å². The average Bonchev–Trinajstić information content (AvgIpc) is 3.24. The first-order chi connectivity index (χ1) is 10.2. The van der Waals surface area contributed by atoms with Crippen molar-refractivity contribution in [2.75, 3.05) is 0 Å². The molecule has 2 aliphatic rings. The van der Waals surface area contributed by atoms with Crippen molar-refractivity contribution in [3.05, 3.63) is 35.4 Å². The maximum atomic E-state index is 12.6. The number of carbonyl (C=O) groups is 1. The first-order valence-electron chi connectivity index (χ1n) is 8.34. The largest absolute Gasteiger partial charge is 0.349 e. The minimum absolute atomic E-state index is 0.0568. The van der Waals surface area contributed by atoms with Crippen LogP contribution in [0.15, 0.2) is 24.3 Å². The van der Waals surface area contributed by atoms with Gasteiger partial charge >= 0.3 is 0 Å². The van der Waals surface area contributed by atoms with Gasteiger partial charge in [0.15, 0.2) is 0 Å². The Morgan fingerprint density at radius 2 is 1.81 bits per heavy atom. The molecule has 2 aliphatic carbocycles. The Balaban J connectivity index is 1.68. The van der Waals surface area contributed by atoms with Crippen LogP contribution >= 0.6 is 0 Å². The van der Waals surface area contributed by atoms with Crippen molar-refractivity contribution in [1.29, 1.82) is 0 Å². The second kappa shape index (κ2) is 6.18. The Labute approximate surface area is 127 Å². The molecule has 0 unspecified atom stereocenters. The number of hydrogen-bond donors (Lipinski definition) is 2. The molecule has 0 atom stereocenters. The normalized spacial score (nSPS) is 21.6. The second-order valence-corrected chi connectivity index (χ2v) is 6.86. The molecule has 0 spiro atoms. The predicted molar refractivity (Wildman–Crippen MR) is 85.3 cm³/mol. The van der Waals surface area contributed by atoms with Gasteiger partial charge in [-0.3, -0.25) is 4.79 Å². The Kier molecular flexibility index (Phi) is 4.29. The van der Waals surface area contributed by atoms with E-state index in [1.54, 1.807) is 0 Å². The summed E-state index contributed by atoms with van der Waals surface area (Å²) in [5, 5.41) is 3.24. The van der Waals surface area contributed by atoms with E-state index in [4.69, 9.17) is 5.73 Å². The lowest BCUT2D eigenvalue weighted by molar-refractivity contribution is 0.0932. The number of hydrogen-bond acceptors (Lipinski definition) is 2. The third kappa shape index (κ3) is 3.85. The van der Waals surface area contributed by atoms with E-state index in [0.717, 1.165) is 43.2 Å². The van der Waals surface area contributed by atoms with E-state index in [1.807, 2.05) is 18.2 Å². The van der Waals surface area contributed by atoms with Crippen molar-refractivity contribution in [2.24, 2.45) is 5.73 Å². The van der Waals surface area contributed by atoms with Crippen LogP contribution in [0.2, 0.25) is 0 Å². The molecule has 0 aliphatic heterocycles. The summed E-state index contributed by atoms with van der Waals surface area (Å²) >= 11 is 0. The van der Waals surface area contributed by atoms with E-state index >= 15 is 0 Å². The van der Waals surface area contributed by atoms with Crippen LogP contribution in [-0.4, -0.2) is 17.5 Å². The SMILES string of the molecule is NC1(Cc2ccccc2C(=O)NC2CCCCCC2)CC1. The minimum atomic E-state index is -0.0568. The van der Waals surface area contributed by atoms with Gasteiger partial charge in [-0.25, -0.2) is 0 Å². The molecule has 0 bridgehead atoms. The molecule has 0 heterocycles. The van der Waals surface area contributed by atoms with Crippen LogP contribution in [0.25, 0.3) is 0 Å². The Bertz CT molecular complexity index is 500. The number of benzene rings is 1. The highest BCUT2D eigenvalue weighted by Gasteiger charge is 2.38. The molecule has 3 heteroatoms. The van der Waals surface area contributed by atoms with Gasteiger partial charge in [-0.1, -0.05) is 43.9 Å². The molecule has 1 amide bonds. The maximum Gasteiger partial charge on any atom is 0.251 e. The van der Waals surface area contributed by atoms with Gasteiger partial charge in [-0.05, 0) is 43.7 Å². The van der Waals surface area contributed by atoms with Crippen molar-refractivity contribution in [3.63, 3.8) is 0 Å². The van der Waals surface area contributed by atoms with Crippen molar-refractivity contribution in [1.82, 2.24) is 5.32 Å². The first-order valence-corrected chi connectivity index (χ1v) is 8.34. The van der Waals surface area contributed by atoms with E-state index in [0.29, 0.717) is 6.04 Å². The van der Waals surface area contributed by atoms with Crippen LogP contribution in [0.4, 0.5) is 0 Å². The van der Waals surface area contributed by atoms with E-state index in [2.05, 4.69) is 11.4 Å².